The number of benzene rings is 2. The molecule has 0 fully saturated rings. The standard InChI is InChI=1S/C19H21BrN2O.ClH/c1-12-3-9-16-13(11-12)4-10-17(16)22-18(23)19(2,21)14-5-7-15(20)8-6-14;/h3,5-9,11,17H,4,10,21H2,1-2H3,(H,22,23);1H. The molecule has 1 aliphatic rings. The highest BCUT2D eigenvalue weighted by Crippen LogP contribution is 2.32. The first-order valence-corrected chi connectivity index (χ1v) is 8.62. The van der Waals surface area contributed by atoms with E-state index in [9.17, 15) is 4.79 Å². The lowest BCUT2D eigenvalue weighted by molar-refractivity contribution is -0.126. The van der Waals surface area contributed by atoms with E-state index in [1.165, 1.54) is 16.7 Å². The Bertz CT molecular complexity index is 744. The van der Waals surface area contributed by atoms with E-state index in [-0.39, 0.29) is 24.4 Å². The molecule has 0 radical (unpaired) electrons. The number of carbonyl (C=O) groups excluding carboxylic acids is 1. The Balaban J connectivity index is 0.00000208. The van der Waals surface area contributed by atoms with Gasteiger partial charge in [-0.05, 0) is 55.5 Å². The average molecular weight is 410 g/mol. The molecule has 0 saturated carbocycles. The molecular formula is C19H22BrClN2O. The Hall–Kier alpha value is -1.36. The number of aryl methyl sites for hydroxylation is 2. The van der Waals surface area contributed by atoms with Gasteiger partial charge in [0.15, 0.2) is 0 Å². The molecule has 3 nitrogen and oxygen atoms in total. The second-order valence-corrected chi connectivity index (χ2v) is 7.39. The number of hydrogen-bond donors (Lipinski definition) is 2. The summed E-state index contributed by atoms with van der Waals surface area (Å²) in [7, 11) is 0. The third-order valence-corrected chi connectivity index (χ3v) is 5.13. The van der Waals surface area contributed by atoms with Gasteiger partial charge in [-0.25, -0.2) is 0 Å². The molecule has 0 heterocycles. The molecule has 1 amide bonds. The summed E-state index contributed by atoms with van der Waals surface area (Å²) < 4.78 is 0.970. The van der Waals surface area contributed by atoms with Crippen LogP contribution >= 0.6 is 28.3 Å². The molecule has 0 aromatic heterocycles. The molecule has 128 valence electrons. The van der Waals surface area contributed by atoms with Gasteiger partial charge in [0.2, 0.25) is 5.91 Å². The van der Waals surface area contributed by atoms with Gasteiger partial charge in [-0.15, -0.1) is 12.4 Å². The number of halogens is 2. The predicted molar refractivity (Wildman–Crippen MR) is 103 cm³/mol. The van der Waals surface area contributed by atoms with Crippen LogP contribution in [-0.2, 0) is 16.8 Å². The fraction of sp³-hybridized carbons (Fsp3) is 0.316. The maximum absolute atomic E-state index is 12.7. The van der Waals surface area contributed by atoms with E-state index in [4.69, 9.17) is 5.73 Å². The molecule has 1 aliphatic carbocycles. The third-order valence-electron chi connectivity index (χ3n) is 4.60. The number of fused-ring (bicyclic) bond motifs is 1. The fourth-order valence-electron chi connectivity index (χ4n) is 3.13. The number of hydrogen-bond acceptors (Lipinski definition) is 2. The fourth-order valence-corrected chi connectivity index (χ4v) is 3.40. The van der Waals surface area contributed by atoms with E-state index >= 15 is 0 Å². The van der Waals surface area contributed by atoms with Crippen LogP contribution in [0.25, 0.3) is 0 Å². The van der Waals surface area contributed by atoms with Crippen molar-refractivity contribution in [3.63, 3.8) is 0 Å². The van der Waals surface area contributed by atoms with Gasteiger partial charge < -0.3 is 11.1 Å². The molecule has 0 bridgehead atoms. The molecule has 0 spiro atoms. The summed E-state index contributed by atoms with van der Waals surface area (Å²) in [5.74, 6) is -0.141. The zero-order valence-electron chi connectivity index (χ0n) is 13.8. The van der Waals surface area contributed by atoms with Crippen LogP contribution in [0.1, 0.15) is 41.6 Å². The first-order valence-electron chi connectivity index (χ1n) is 7.83. The molecular weight excluding hydrogens is 388 g/mol. The number of rotatable bonds is 3. The summed E-state index contributed by atoms with van der Waals surface area (Å²) in [5, 5.41) is 3.13. The van der Waals surface area contributed by atoms with Gasteiger partial charge in [-0.3, -0.25) is 4.79 Å². The molecule has 2 atom stereocenters. The van der Waals surface area contributed by atoms with Crippen molar-refractivity contribution in [2.45, 2.75) is 38.3 Å². The number of amides is 1. The zero-order valence-corrected chi connectivity index (χ0v) is 16.2. The van der Waals surface area contributed by atoms with Crippen molar-refractivity contribution >= 4 is 34.2 Å². The predicted octanol–water partition coefficient (Wildman–Crippen LogP) is 4.16. The molecule has 2 aromatic carbocycles. The van der Waals surface area contributed by atoms with Crippen molar-refractivity contribution in [2.24, 2.45) is 5.73 Å². The molecule has 3 N–H and O–H groups in total. The van der Waals surface area contributed by atoms with Gasteiger partial charge in [0.25, 0.3) is 0 Å². The van der Waals surface area contributed by atoms with Crippen LogP contribution in [0.2, 0.25) is 0 Å². The number of carbonyl (C=O) groups is 1. The second kappa shape index (κ2) is 7.26. The lowest BCUT2D eigenvalue weighted by Crippen LogP contribution is -2.49. The lowest BCUT2D eigenvalue weighted by Gasteiger charge is -2.26. The highest BCUT2D eigenvalue weighted by atomic mass is 79.9. The third kappa shape index (κ3) is 3.66. The van der Waals surface area contributed by atoms with E-state index in [0.717, 1.165) is 22.9 Å². The van der Waals surface area contributed by atoms with Gasteiger partial charge >= 0.3 is 0 Å². The van der Waals surface area contributed by atoms with Crippen molar-refractivity contribution in [3.05, 3.63) is 69.2 Å². The van der Waals surface area contributed by atoms with E-state index in [1.807, 2.05) is 24.3 Å². The van der Waals surface area contributed by atoms with Crippen molar-refractivity contribution in [1.82, 2.24) is 5.32 Å². The Kier molecular flexibility index (Phi) is 5.74. The van der Waals surface area contributed by atoms with Crippen LogP contribution in [0.3, 0.4) is 0 Å². The topological polar surface area (TPSA) is 55.1 Å². The monoisotopic (exact) mass is 408 g/mol. The zero-order chi connectivity index (χ0) is 16.6. The van der Waals surface area contributed by atoms with E-state index in [2.05, 4.69) is 46.4 Å². The Morgan fingerprint density at radius 2 is 1.92 bits per heavy atom. The van der Waals surface area contributed by atoms with Gasteiger partial charge in [0.05, 0.1) is 6.04 Å². The second-order valence-electron chi connectivity index (χ2n) is 6.48. The minimum atomic E-state index is -1.05. The Morgan fingerprint density at radius 3 is 2.58 bits per heavy atom. The van der Waals surface area contributed by atoms with Crippen molar-refractivity contribution in [1.29, 1.82) is 0 Å². The smallest absolute Gasteiger partial charge is 0.244 e. The largest absolute Gasteiger partial charge is 0.347 e. The normalized spacial score (nSPS) is 18.2. The van der Waals surface area contributed by atoms with Gasteiger partial charge in [-0.2, -0.15) is 0 Å². The Morgan fingerprint density at radius 1 is 1.25 bits per heavy atom. The maximum atomic E-state index is 12.7. The van der Waals surface area contributed by atoms with E-state index in [0.29, 0.717) is 0 Å². The summed E-state index contributed by atoms with van der Waals surface area (Å²) >= 11 is 3.40. The summed E-state index contributed by atoms with van der Waals surface area (Å²) in [6.45, 7) is 3.85. The first kappa shape index (κ1) is 19.0. The molecule has 0 aliphatic heterocycles. The van der Waals surface area contributed by atoms with Crippen LogP contribution in [0.15, 0.2) is 46.9 Å². The lowest BCUT2D eigenvalue weighted by atomic mass is 9.91. The van der Waals surface area contributed by atoms with Crippen LogP contribution < -0.4 is 11.1 Å². The summed E-state index contributed by atoms with van der Waals surface area (Å²) in [4.78, 5) is 12.7. The van der Waals surface area contributed by atoms with Crippen LogP contribution in [0.5, 0.6) is 0 Å². The van der Waals surface area contributed by atoms with E-state index in [1.54, 1.807) is 6.92 Å². The molecule has 2 aromatic rings. The summed E-state index contributed by atoms with van der Waals surface area (Å²) in [5.41, 5.74) is 9.89. The minimum Gasteiger partial charge on any atom is -0.347 e. The number of nitrogens with two attached hydrogens (primary N) is 1. The SMILES string of the molecule is Cc1ccc2c(c1)CCC2NC(=O)C(C)(N)c1ccc(Br)cc1.Cl. The van der Waals surface area contributed by atoms with Gasteiger partial charge in [-0.1, -0.05) is 51.8 Å². The van der Waals surface area contributed by atoms with E-state index < -0.39 is 5.54 Å². The quantitative estimate of drug-likeness (QED) is 0.800. The maximum Gasteiger partial charge on any atom is 0.244 e. The van der Waals surface area contributed by atoms with Crippen LogP contribution in [0.4, 0.5) is 0 Å². The summed E-state index contributed by atoms with van der Waals surface area (Å²) in [6.07, 6.45) is 1.93. The number of nitrogens with one attached hydrogen (secondary N) is 1. The first-order chi connectivity index (χ1) is 10.9. The molecule has 5 heteroatoms. The van der Waals surface area contributed by atoms with Crippen molar-refractivity contribution < 1.29 is 4.79 Å². The Labute approximate surface area is 157 Å². The summed E-state index contributed by atoms with van der Waals surface area (Å²) in [6, 6.07) is 14.1. The van der Waals surface area contributed by atoms with Gasteiger partial charge in [0.1, 0.15) is 5.54 Å². The molecule has 3 rings (SSSR count). The van der Waals surface area contributed by atoms with Gasteiger partial charge in [0, 0.05) is 4.47 Å². The molecule has 24 heavy (non-hydrogen) atoms. The molecule has 2 unspecified atom stereocenters. The molecule has 0 saturated heterocycles. The van der Waals surface area contributed by atoms with Crippen LogP contribution in [0, 0.1) is 6.92 Å². The van der Waals surface area contributed by atoms with Crippen molar-refractivity contribution in [3.8, 4) is 0 Å². The highest BCUT2D eigenvalue weighted by Gasteiger charge is 2.33. The highest BCUT2D eigenvalue weighted by molar-refractivity contribution is 9.10. The minimum absolute atomic E-state index is 0. The van der Waals surface area contributed by atoms with Crippen LogP contribution in [-0.4, -0.2) is 5.91 Å². The average Bonchev–Trinajstić information content (AvgIpc) is 2.89. The van der Waals surface area contributed by atoms with Crippen molar-refractivity contribution in [2.75, 3.05) is 0 Å².